The van der Waals surface area contributed by atoms with E-state index in [-0.39, 0.29) is 5.60 Å². The van der Waals surface area contributed by atoms with Crippen molar-refractivity contribution in [3.63, 3.8) is 0 Å². The lowest BCUT2D eigenvalue weighted by Crippen LogP contribution is -2.22. The Morgan fingerprint density at radius 3 is 2.40 bits per heavy atom. The molecule has 0 aliphatic carbocycles. The second kappa shape index (κ2) is 4.14. The Hall–Kier alpha value is 0.180. The monoisotopic (exact) mass is 206 g/mol. The van der Waals surface area contributed by atoms with E-state index in [0.29, 0.717) is 0 Å². The van der Waals surface area contributed by atoms with E-state index in [1.807, 2.05) is 0 Å². The molecule has 0 fully saturated rings. The van der Waals surface area contributed by atoms with Crippen molar-refractivity contribution in [3.8, 4) is 0 Å². The summed E-state index contributed by atoms with van der Waals surface area (Å²) in [6.07, 6.45) is 0.911. The minimum atomic E-state index is -0.0646. The lowest BCUT2D eigenvalue weighted by Gasteiger charge is -2.23. The molecule has 0 amide bonds. The largest absolute Gasteiger partial charge is 0.378 e. The summed E-state index contributed by atoms with van der Waals surface area (Å²) in [5, 5.41) is 0.861. The third kappa shape index (κ3) is 4.07. The summed E-state index contributed by atoms with van der Waals surface area (Å²) in [5.74, 6) is 0. The van der Waals surface area contributed by atoms with Gasteiger partial charge in [0.1, 0.15) is 0 Å². The highest BCUT2D eigenvalue weighted by molar-refractivity contribution is 9.09. The molecule has 0 atom stereocenters. The molecule has 2 heteroatoms. The zero-order valence-electron chi connectivity index (χ0n) is 6.91. The molecule has 0 bridgehead atoms. The molecular weight excluding hydrogens is 192 g/mol. The summed E-state index contributed by atoms with van der Waals surface area (Å²) < 4.78 is 5.23. The Bertz CT molecular complexity index is 118. The molecule has 0 spiro atoms. The van der Waals surface area contributed by atoms with Crippen molar-refractivity contribution in [1.29, 1.82) is 0 Å². The molecule has 0 aromatic rings. The molecule has 10 heavy (non-hydrogen) atoms. The Morgan fingerprint density at radius 2 is 2.10 bits per heavy atom. The van der Waals surface area contributed by atoms with Crippen LogP contribution < -0.4 is 0 Å². The summed E-state index contributed by atoms with van der Waals surface area (Å²) in [4.78, 5) is 0. The van der Waals surface area contributed by atoms with Crippen molar-refractivity contribution < 1.29 is 4.74 Å². The molecular formula is C8H15BrO. The first-order valence-electron chi connectivity index (χ1n) is 3.29. The van der Waals surface area contributed by atoms with Crippen molar-refractivity contribution in [3.05, 3.63) is 12.2 Å². The summed E-state index contributed by atoms with van der Waals surface area (Å²) in [7, 11) is 1.72. The van der Waals surface area contributed by atoms with Crippen LogP contribution in [0.2, 0.25) is 0 Å². The molecule has 0 rings (SSSR count). The highest BCUT2D eigenvalue weighted by atomic mass is 79.9. The smallest absolute Gasteiger partial charge is 0.0659 e. The van der Waals surface area contributed by atoms with E-state index < -0.39 is 0 Å². The molecule has 0 N–H and O–H groups in total. The van der Waals surface area contributed by atoms with E-state index in [1.54, 1.807) is 7.11 Å². The molecule has 0 saturated heterocycles. The number of hydrogen-bond acceptors (Lipinski definition) is 1. The van der Waals surface area contributed by atoms with Crippen LogP contribution in [0.3, 0.4) is 0 Å². The van der Waals surface area contributed by atoms with Gasteiger partial charge in [-0.1, -0.05) is 28.1 Å². The van der Waals surface area contributed by atoms with Gasteiger partial charge in [-0.25, -0.2) is 0 Å². The minimum Gasteiger partial charge on any atom is -0.378 e. The van der Waals surface area contributed by atoms with Crippen molar-refractivity contribution in [1.82, 2.24) is 0 Å². The molecule has 60 valence electrons. The number of methoxy groups -OCH3 is 1. The first kappa shape index (κ1) is 10.2. The molecule has 0 aliphatic rings. The van der Waals surface area contributed by atoms with E-state index in [9.17, 15) is 0 Å². The average molecular weight is 207 g/mol. The Kier molecular flexibility index (Phi) is 4.22. The molecule has 1 nitrogen and oxygen atoms in total. The van der Waals surface area contributed by atoms with Gasteiger partial charge in [-0.05, 0) is 20.3 Å². The van der Waals surface area contributed by atoms with Crippen LogP contribution in [0.1, 0.15) is 20.3 Å². The summed E-state index contributed by atoms with van der Waals surface area (Å²) in [6, 6.07) is 0. The Labute approximate surface area is 71.6 Å². The molecule has 0 saturated carbocycles. The first-order valence-corrected chi connectivity index (χ1v) is 4.42. The first-order chi connectivity index (χ1) is 4.52. The highest BCUT2D eigenvalue weighted by Gasteiger charge is 2.16. The summed E-state index contributed by atoms with van der Waals surface area (Å²) >= 11 is 3.34. The minimum absolute atomic E-state index is 0.0646. The number of rotatable bonds is 4. The van der Waals surface area contributed by atoms with Crippen molar-refractivity contribution in [2.75, 3.05) is 12.4 Å². The van der Waals surface area contributed by atoms with Crippen LogP contribution in [-0.4, -0.2) is 18.0 Å². The maximum absolute atomic E-state index is 5.23. The second-order valence-electron chi connectivity index (χ2n) is 3.02. The fourth-order valence-corrected chi connectivity index (χ4v) is 0.920. The zero-order valence-corrected chi connectivity index (χ0v) is 8.49. The van der Waals surface area contributed by atoms with Crippen molar-refractivity contribution >= 4 is 15.9 Å². The van der Waals surface area contributed by atoms with Gasteiger partial charge in [0.25, 0.3) is 0 Å². The van der Waals surface area contributed by atoms with Crippen LogP contribution in [0.25, 0.3) is 0 Å². The lowest BCUT2D eigenvalue weighted by atomic mass is 10.0. The molecule has 0 aromatic heterocycles. The topological polar surface area (TPSA) is 9.23 Å². The highest BCUT2D eigenvalue weighted by Crippen LogP contribution is 2.18. The quantitative estimate of drug-likeness (QED) is 0.508. The van der Waals surface area contributed by atoms with Crippen LogP contribution in [-0.2, 0) is 4.74 Å². The summed E-state index contributed by atoms with van der Waals surface area (Å²) in [6.45, 7) is 7.99. The maximum Gasteiger partial charge on any atom is 0.0659 e. The predicted molar refractivity (Wildman–Crippen MR) is 48.6 cm³/mol. The van der Waals surface area contributed by atoms with E-state index >= 15 is 0 Å². The van der Waals surface area contributed by atoms with Gasteiger partial charge in [-0.3, -0.25) is 0 Å². The van der Waals surface area contributed by atoms with E-state index in [1.165, 1.54) is 5.57 Å². The fraction of sp³-hybridized carbons (Fsp3) is 0.750. The van der Waals surface area contributed by atoms with Gasteiger partial charge >= 0.3 is 0 Å². The van der Waals surface area contributed by atoms with Crippen LogP contribution in [0.5, 0.6) is 0 Å². The number of halogens is 1. The van der Waals surface area contributed by atoms with Crippen molar-refractivity contribution in [2.24, 2.45) is 0 Å². The SMILES string of the molecule is C=C(CBr)CC(C)(C)OC. The second-order valence-corrected chi connectivity index (χ2v) is 3.58. The Morgan fingerprint density at radius 1 is 1.60 bits per heavy atom. The summed E-state index contributed by atoms with van der Waals surface area (Å²) in [5.41, 5.74) is 1.11. The van der Waals surface area contributed by atoms with E-state index in [2.05, 4.69) is 36.4 Å². The Balaban J connectivity index is 3.76. The van der Waals surface area contributed by atoms with E-state index in [0.717, 1.165) is 11.8 Å². The van der Waals surface area contributed by atoms with Gasteiger partial charge in [-0.2, -0.15) is 0 Å². The van der Waals surface area contributed by atoms with Crippen LogP contribution in [0, 0.1) is 0 Å². The third-order valence-corrected chi connectivity index (χ3v) is 2.21. The molecule has 0 aliphatic heterocycles. The van der Waals surface area contributed by atoms with Gasteiger partial charge in [0, 0.05) is 12.4 Å². The van der Waals surface area contributed by atoms with Gasteiger partial charge < -0.3 is 4.74 Å². The molecule has 0 heterocycles. The molecule has 0 radical (unpaired) electrons. The molecule has 0 aromatic carbocycles. The fourth-order valence-electron chi connectivity index (χ4n) is 0.721. The molecule has 0 unspecified atom stereocenters. The van der Waals surface area contributed by atoms with E-state index in [4.69, 9.17) is 4.74 Å². The standard InChI is InChI=1S/C8H15BrO/c1-7(6-9)5-8(2,3)10-4/h1,5-6H2,2-4H3. The number of hydrogen-bond donors (Lipinski definition) is 0. The lowest BCUT2D eigenvalue weighted by molar-refractivity contribution is 0.0235. The maximum atomic E-state index is 5.23. The number of alkyl halides is 1. The van der Waals surface area contributed by atoms with Gasteiger partial charge in [0.05, 0.1) is 5.60 Å². The third-order valence-electron chi connectivity index (χ3n) is 1.42. The van der Waals surface area contributed by atoms with Gasteiger partial charge in [0.15, 0.2) is 0 Å². The number of ether oxygens (including phenoxy) is 1. The van der Waals surface area contributed by atoms with Crippen LogP contribution in [0.4, 0.5) is 0 Å². The van der Waals surface area contributed by atoms with Gasteiger partial charge in [-0.15, -0.1) is 0 Å². The van der Waals surface area contributed by atoms with Crippen molar-refractivity contribution in [2.45, 2.75) is 25.9 Å². The van der Waals surface area contributed by atoms with Crippen LogP contribution in [0.15, 0.2) is 12.2 Å². The zero-order chi connectivity index (χ0) is 8.20. The average Bonchev–Trinajstić information content (AvgIpc) is 1.87. The van der Waals surface area contributed by atoms with Gasteiger partial charge in [0.2, 0.25) is 0 Å². The normalized spacial score (nSPS) is 11.6. The van der Waals surface area contributed by atoms with Crippen LogP contribution >= 0.6 is 15.9 Å². The predicted octanol–water partition coefficient (Wildman–Crippen LogP) is 2.75.